The Hall–Kier alpha value is -1.77. The molecule has 0 radical (unpaired) electrons. The molecule has 1 N–H and O–H groups in total. The molecule has 0 bridgehead atoms. The van der Waals surface area contributed by atoms with Crippen LogP contribution in [0.4, 0.5) is 5.82 Å². The van der Waals surface area contributed by atoms with E-state index in [-0.39, 0.29) is 11.4 Å². The van der Waals surface area contributed by atoms with Crippen LogP contribution in [0, 0.1) is 13.8 Å². The highest BCUT2D eigenvalue weighted by atomic mass is 79.9. The predicted octanol–water partition coefficient (Wildman–Crippen LogP) is 2.72. The molecule has 8 heteroatoms. The van der Waals surface area contributed by atoms with E-state index in [1.54, 1.807) is 31.2 Å². The van der Waals surface area contributed by atoms with E-state index in [4.69, 9.17) is 0 Å². The Kier molecular flexibility index (Phi) is 5.74. The third-order valence-electron chi connectivity index (χ3n) is 3.36. The maximum Gasteiger partial charge on any atom is 0.243 e. The average Bonchev–Trinajstić information content (AvgIpc) is 2.49. The number of rotatable bonds is 5. The van der Waals surface area contributed by atoms with Gasteiger partial charge in [-0.1, -0.05) is 22.0 Å². The van der Waals surface area contributed by atoms with Crippen LogP contribution in [0.2, 0.25) is 0 Å². The fourth-order valence-corrected chi connectivity index (χ4v) is 3.50. The Bertz CT molecular complexity index is 869. The van der Waals surface area contributed by atoms with Crippen molar-refractivity contribution in [1.82, 2.24) is 9.29 Å². The number of carbonyl (C=O) groups excluding carboxylic acids is 1. The molecule has 0 spiro atoms. The van der Waals surface area contributed by atoms with Gasteiger partial charge in [0.2, 0.25) is 15.9 Å². The van der Waals surface area contributed by atoms with Crippen molar-refractivity contribution in [2.75, 3.05) is 18.9 Å². The number of carbonyl (C=O) groups is 1. The number of likely N-dealkylation sites (N-methyl/N-ethyl adjacent to an activating group) is 1. The summed E-state index contributed by atoms with van der Waals surface area (Å²) in [6.07, 6.45) is 0. The molecule has 0 aliphatic rings. The van der Waals surface area contributed by atoms with Crippen molar-refractivity contribution >= 4 is 37.7 Å². The number of nitrogens with one attached hydrogen (secondary N) is 1. The Morgan fingerprint density at radius 3 is 2.58 bits per heavy atom. The van der Waals surface area contributed by atoms with E-state index >= 15 is 0 Å². The zero-order chi connectivity index (χ0) is 17.9. The number of hydrogen-bond donors (Lipinski definition) is 1. The molecule has 1 aromatic carbocycles. The Balaban J connectivity index is 2.11. The number of aryl methyl sites for hydroxylation is 2. The number of aromatic nitrogens is 1. The van der Waals surface area contributed by atoms with Crippen LogP contribution in [-0.2, 0) is 14.8 Å². The first-order chi connectivity index (χ1) is 11.2. The maximum absolute atomic E-state index is 12.6. The summed E-state index contributed by atoms with van der Waals surface area (Å²) in [5, 5.41) is 2.59. The van der Waals surface area contributed by atoms with Crippen LogP contribution in [0.15, 0.2) is 45.8 Å². The molecule has 1 amide bonds. The molecule has 0 aliphatic heterocycles. The lowest BCUT2D eigenvalue weighted by atomic mass is 10.2. The van der Waals surface area contributed by atoms with Gasteiger partial charge in [-0.2, -0.15) is 4.31 Å². The van der Waals surface area contributed by atoms with E-state index in [0.717, 1.165) is 20.0 Å². The molecular weight excluding hydrogens is 394 g/mol. The first kappa shape index (κ1) is 18.6. The number of halogens is 1. The van der Waals surface area contributed by atoms with Crippen molar-refractivity contribution in [1.29, 1.82) is 0 Å². The fraction of sp³-hybridized carbons (Fsp3) is 0.250. The van der Waals surface area contributed by atoms with Gasteiger partial charge in [0.25, 0.3) is 0 Å². The molecule has 128 valence electrons. The van der Waals surface area contributed by atoms with Crippen molar-refractivity contribution in [2.45, 2.75) is 18.7 Å². The number of pyridine rings is 1. The first-order valence-electron chi connectivity index (χ1n) is 7.16. The highest BCUT2D eigenvalue weighted by Gasteiger charge is 2.23. The van der Waals surface area contributed by atoms with Crippen LogP contribution in [-0.4, -0.2) is 37.2 Å². The summed E-state index contributed by atoms with van der Waals surface area (Å²) >= 11 is 3.34. The number of anilines is 1. The van der Waals surface area contributed by atoms with Crippen molar-refractivity contribution in [3.05, 3.63) is 52.1 Å². The van der Waals surface area contributed by atoms with Gasteiger partial charge in [-0.3, -0.25) is 4.79 Å². The standard InChI is InChI=1S/C16H18BrN3O3S/c1-11-9-13(7-8-14(11)17)24(22,23)20(3)10-16(21)19-15-6-4-5-12(2)18-15/h4-9H,10H2,1-3H3,(H,18,19,21). The fourth-order valence-electron chi connectivity index (χ4n) is 2.04. The number of sulfonamides is 1. The summed E-state index contributed by atoms with van der Waals surface area (Å²) in [7, 11) is -2.37. The molecule has 6 nitrogen and oxygen atoms in total. The molecule has 0 aliphatic carbocycles. The summed E-state index contributed by atoms with van der Waals surface area (Å²) in [6, 6.07) is 9.97. The van der Waals surface area contributed by atoms with Crippen molar-refractivity contribution in [3.63, 3.8) is 0 Å². The largest absolute Gasteiger partial charge is 0.310 e. The predicted molar refractivity (Wildman–Crippen MR) is 96.3 cm³/mol. The molecule has 1 heterocycles. The van der Waals surface area contributed by atoms with Gasteiger partial charge in [0.15, 0.2) is 0 Å². The Morgan fingerprint density at radius 1 is 1.25 bits per heavy atom. The van der Waals surface area contributed by atoms with E-state index in [2.05, 4.69) is 26.2 Å². The van der Waals surface area contributed by atoms with Crippen LogP contribution in [0.25, 0.3) is 0 Å². The molecule has 24 heavy (non-hydrogen) atoms. The zero-order valence-corrected chi connectivity index (χ0v) is 16.0. The monoisotopic (exact) mass is 411 g/mol. The molecule has 2 rings (SSSR count). The van der Waals surface area contributed by atoms with E-state index in [0.29, 0.717) is 5.82 Å². The van der Waals surface area contributed by atoms with Crippen LogP contribution in [0.5, 0.6) is 0 Å². The van der Waals surface area contributed by atoms with E-state index in [9.17, 15) is 13.2 Å². The second kappa shape index (κ2) is 7.42. The minimum atomic E-state index is -3.74. The quantitative estimate of drug-likeness (QED) is 0.819. The number of benzene rings is 1. The van der Waals surface area contributed by atoms with Gasteiger partial charge >= 0.3 is 0 Å². The number of hydrogen-bond acceptors (Lipinski definition) is 4. The Labute approximate surface area is 150 Å². The minimum absolute atomic E-state index is 0.146. The van der Waals surface area contributed by atoms with Crippen molar-refractivity contribution in [3.8, 4) is 0 Å². The molecule has 0 saturated carbocycles. The maximum atomic E-state index is 12.6. The Morgan fingerprint density at radius 2 is 1.96 bits per heavy atom. The third-order valence-corrected chi connectivity index (χ3v) is 6.05. The summed E-state index contributed by atoms with van der Waals surface area (Å²) in [6.45, 7) is 3.31. The lowest BCUT2D eigenvalue weighted by molar-refractivity contribution is -0.116. The molecule has 0 atom stereocenters. The van der Waals surface area contributed by atoms with E-state index in [1.807, 2.05) is 13.0 Å². The van der Waals surface area contributed by atoms with Crippen LogP contribution >= 0.6 is 15.9 Å². The topological polar surface area (TPSA) is 79.4 Å². The van der Waals surface area contributed by atoms with Gasteiger partial charge in [0.1, 0.15) is 5.82 Å². The van der Waals surface area contributed by atoms with Crippen LogP contribution in [0.1, 0.15) is 11.3 Å². The summed E-state index contributed by atoms with van der Waals surface area (Å²) < 4.78 is 26.9. The molecule has 2 aromatic rings. The van der Waals surface area contributed by atoms with Gasteiger partial charge in [-0.15, -0.1) is 0 Å². The summed E-state index contributed by atoms with van der Waals surface area (Å²) in [5.74, 6) is -0.0571. The highest BCUT2D eigenvalue weighted by molar-refractivity contribution is 9.10. The summed E-state index contributed by atoms with van der Waals surface area (Å²) in [5.41, 5.74) is 1.57. The normalized spacial score (nSPS) is 11.5. The van der Waals surface area contributed by atoms with Gasteiger partial charge in [0.05, 0.1) is 11.4 Å². The second-order valence-corrected chi connectivity index (χ2v) is 8.28. The average molecular weight is 412 g/mol. The molecule has 0 unspecified atom stereocenters. The van der Waals surface area contributed by atoms with Crippen LogP contribution < -0.4 is 5.32 Å². The molecule has 1 aromatic heterocycles. The van der Waals surface area contributed by atoms with Gasteiger partial charge < -0.3 is 5.32 Å². The first-order valence-corrected chi connectivity index (χ1v) is 9.39. The van der Waals surface area contributed by atoms with E-state index < -0.39 is 15.9 Å². The van der Waals surface area contributed by atoms with Gasteiger partial charge in [-0.05, 0) is 49.7 Å². The van der Waals surface area contributed by atoms with Gasteiger partial charge in [-0.25, -0.2) is 13.4 Å². The molecule has 0 saturated heterocycles. The van der Waals surface area contributed by atoms with E-state index in [1.165, 1.54) is 13.1 Å². The number of amides is 1. The summed E-state index contributed by atoms with van der Waals surface area (Å²) in [4.78, 5) is 16.4. The number of nitrogens with zero attached hydrogens (tertiary/aromatic N) is 2. The van der Waals surface area contributed by atoms with Crippen LogP contribution in [0.3, 0.4) is 0 Å². The van der Waals surface area contributed by atoms with Crippen molar-refractivity contribution < 1.29 is 13.2 Å². The van der Waals surface area contributed by atoms with Crippen molar-refractivity contribution in [2.24, 2.45) is 0 Å². The lowest BCUT2D eigenvalue weighted by Gasteiger charge is -2.17. The SMILES string of the molecule is Cc1cccc(NC(=O)CN(C)S(=O)(=O)c2ccc(Br)c(C)c2)n1. The minimum Gasteiger partial charge on any atom is -0.310 e. The van der Waals surface area contributed by atoms with Gasteiger partial charge in [0, 0.05) is 17.2 Å². The zero-order valence-electron chi connectivity index (χ0n) is 13.6. The smallest absolute Gasteiger partial charge is 0.243 e. The third kappa shape index (κ3) is 4.40. The lowest BCUT2D eigenvalue weighted by Crippen LogP contribution is -2.35. The molecule has 0 fully saturated rings. The second-order valence-electron chi connectivity index (χ2n) is 5.38. The highest BCUT2D eigenvalue weighted by Crippen LogP contribution is 2.22. The molecular formula is C16H18BrN3O3S.